The molecule has 1 amide bonds. The highest BCUT2D eigenvalue weighted by Crippen LogP contribution is 2.24. The van der Waals surface area contributed by atoms with Crippen molar-refractivity contribution >= 4 is 27.3 Å². The van der Waals surface area contributed by atoms with E-state index in [2.05, 4.69) is 5.32 Å². The normalized spacial score (nSPS) is 11.1. The first-order chi connectivity index (χ1) is 15.1. The molecule has 0 aliphatic heterocycles. The average Bonchev–Trinajstić information content (AvgIpc) is 2.74. The van der Waals surface area contributed by atoms with E-state index in [1.807, 2.05) is 31.2 Å². The fourth-order valence-corrected chi connectivity index (χ4v) is 3.80. The molecule has 0 saturated heterocycles. The van der Waals surface area contributed by atoms with Gasteiger partial charge in [0, 0.05) is 0 Å². The number of hydrogen-bond acceptors (Lipinski definition) is 4. The van der Waals surface area contributed by atoms with Gasteiger partial charge in [0.05, 0.1) is 18.5 Å². The lowest BCUT2D eigenvalue weighted by Crippen LogP contribution is -2.29. The van der Waals surface area contributed by atoms with Gasteiger partial charge in [-0.3, -0.25) is 9.10 Å². The quantitative estimate of drug-likeness (QED) is 0.545. The third kappa shape index (κ3) is 6.04. The van der Waals surface area contributed by atoms with Crippen molar-refractivity contribution in [2.75, 3.05) is 22.5 Å². The van der Waals surface area contributed by atoms with Gasteiger partial charge in [-0.1, -0.05) is 35.9 Å². The minimum atomic E-state index is -3.55. The van der Waals surface area contributed by atoms with E-state index in [0.29, 0.717) is 11.4 Å². The van der Waals surface area contributed by atoms with Crippen molar-refractivity contribution in [2.45, 2.75) is 13.5 Å². The molecule has 0 saturated carbocycles. The van der Waals surface area contributed by atoms with Crippen molar-refractivity contribution in [3.63, 3.8) is 0 Å². The molecule has 1 N–H and O–H groups in total. The van der Waals surface area contributed by atoms with Crippen LogP contribution in [0.15, 0.2) is 66.7 Å². The van der Waals surface area contributed by atoms with Crippen molar-refractivity contribution in [1.82, 2.24) is 0 Å². The largest absolute Gasteiger partial charge is 0.484 e. The van der Waals surface area contributed by atoms with Crippen LogP contribution in [0.1, 0.15) is 11.1 Å². The molecule has 0 aromatic heterocycles. The standard InChI is InChI=1S/C23H22F2N2O4S/c1-16-6-8-17(9-7-16)14-27(32(2,29)30)18-10-12-19(13-11-18)31-15-22(28)26-23-20(24)4-3-5-21(23)25/h3-13H,14-15H2,1-2H3,(H,26,28). The summed E-state index contributed by atoms with van der Waals surface area (Å²) in [6.45, 7) is 1.63. The predicted molar refractivity (Wildman–Crippen MR) is 119 cm³/mol. The van der Waals surface area contributed by atoms with E-state index in [1.165, 1.54) is 22.5 Å². The number of aryl methyl sites for hydroxylation is 1. The number of amides is 1. The number of rotatable bonds is 8. The average molecular weight is 461 g/mol. The van der Waals surface area contributed by atoms with Crippen LogP contribution in [0.4, 0.5) is 20.2 Å². The molecule has 0 spiro atoms. The Morgan fingerprint density at radius 3 is 2.12 bits per heavy atom. The van der Waals surface area contributed by atoms with Gasteiger partial charge >= 0.3 is 0 Å². The van der Waals surface area contributed by atoms with E-state index in [1.54, 1.807) is 12.1 Å². The number of halogens is 2. The lowest BCUT2D eigenvalue weighted by molar-refractivity contribution is -0.118. The summed E-state index contributed by atoms with van der Waals surface area (Å²) in [4.78, 5) is 12.0. The molecule has 0 aliphatic carbocycles. The number of carbonyl (C=O) groups is 1. The number of benzene rings is 3. The number of carbonyl (C=O) groups excluding carboxylic acids is 1. The molecular formula is C23H22F2N2O4S. The summed E-state index contributed by atoms with van der Waals surface area (Å²) >= 11 is 0. The molecule has 0 heterocycles. The topological polar surface area (TPSA) is 75.7 Å². The number of nitrogens with one attached hydrogen (secondary N) is 1. The van der Waals surface area contributed by atoms with Crippen LogP contribution in [0.2, 0.25) is 0 Å². The summed E-state index contributed by atoms with van der Waals surface area (Å²) in [7, 11) is -3.55. The molecule has 0 unspecified atom stereocenters. The van der Waals surface area contributed by atoms with Crippen LogP contribution in [0.25, 0.3) is 0 Å². The summed E-state index contributed by atoms with van der Waals surface area (Å²) in [6.07, 6.45) is 1.12. The maximum atomic E-state index is 13.6. The first-order valence-corrected chi connectivity index (χ1v) is 11.5. The third-order valence-electron chi connectivity index (χ3n) is 4.57. The van der Waals surface area contributed by atoms with E-state index in [-0.39, 0.29) is 6.54 Å². The number of nitrogens with zero attached hydrogens (tertiary/aromatic N) is 1. The zero-order chi connectivity index (χ0) is 23.3. The van der Waals surface area contributed by atoms with Gasteiger partial charge in [0.1, 0.15) is 23.1 Å². The van der Waals surface area contributed by atoms with Crippen molar-refractivity contribution in [3.8, 4) is 5.75 Å². The summed E-state index contributed by atoms with van der Waals surface area (Å²) < 4.78 is 58.5. The number of hydrogen-bond donors (Lipinski definition) is 1. The Kier molecular flexibility index (Phi) is 7.09. The minimum absolute atomic E-state index is 0.163. The van der Waals surface area contributed by atoms with E-state index in [4.69, 9.17) is 4.74 Å². The van der Waals surface area contributed by atoms with Crippen molar-refractivity contribution < 1.29 is 26.7 Å². The Balaban J connectivity index is 1.66. The van der Waals surface area contributed by atoms with Gasteiger partial charge in [-0.05, 0) is 48.9 Å². The SMILES string of the molecule is Cc1ccc(CN(c2ccc(OCC(=O)Nc3c(F)cccc3F)cc2)S(C)(=O)=O)cc1. The van der Waals surface area contributed by atoms with Gasteiger partial charge < -0.3 is 10.1 Å². The molecule has 9 heteroatoms. The first kappa shape index (κ1) is 23.2. The summed E-state index contributed by atoms with van der Waals surface area (Å²) in [6, 6.07) is 16.9. The fourth-order valence-electron chi connectivity index (χ4n) is 2.91. The highest BCUT2D eigenvalue weighted by atomic mass is 32.2. The summed E-state index contributed by atoms with van der Waals surface area (Å²) in [5, 5.41) is 2.13. The molecule has 0 aliphatic rings. The van der Waals surface area contributed by atoms with Crippen LogP contribution in [-0.2, 0) is 21.4 Å². The van der Waals surface area contributed by atoms with Crippen LogP contribution < -0.4 is 14.4 Å². The van der Waals surface area contributed by atoms with E-state index in [9.17, 15) is 22.0 Å². The Morgan fingerprint density at radius 1 is 0.969 bits per heavy atom. The molecule has 0 fully saturated rings. The molecular weight excluding hydrogens is 438 g/mol. The maximum Gasteiger partial charge on any atom is 0.262 e. The van der Waals surface area contributed by atoms with Crippen LogP contribution in [-0.4, -0.2) is 27.2 Å². The second-order valence-electron chi connectivity index (χ2n) is 7.18. The van der Waals surface area contributed by atoms with Crippen molar-refractivity contribution in [2.24, 2.45) is 0 Å². The second kappa shape index (κ2) is 9.78. The Morgan fingerprint density at radius 2 is 1.56 bits per heavy atom. The molecule has 0 bridgehead atoms. The van der Waals surface area contributed by atoms with E-state index < -0.39 is 39.9 Å². The minimum Gasteiger partial charge on any atom is -0.484 e. The first-order valence-electron chi connectivity index (χ1n) is 9.63. The van der Waals surface area contributed by atoms with Gasteiger partial charge in [-0.15, -0.1) is 0 Å². The van der Waals surface area contributed by atoms with Crippen LogP contribution in [0.3, 0.4) is 0 Å². The summed E-state index contributed by atoms with van der Waals surface area (Å²) in [5.41, 5.74) is 1.79. The monoisotopic (exact) mass is 460 g/mol. The molecule has 3 aromatic rings. The van der Waals surface area contributed by atoms with Gasteiger partial charge in [0.25, 0.3) is 5.91 Å². The van der Waals surface area contributed by atoms with Gasteiger partial charge in [-0.2, -0.15) is 0 Å². The van der Waals surface area contributed by atoms with Gasteiger partial charge in [0.15, 0.2) is 6.61 Å². The molecule has 3 aromatic carbocycles. The van der Waals surface area contributed by atoms with Crippen molar-refractivity contribution in [1.29, 1.82) is 0 Å². The van der Waals surface area contributed by atoms with Crippen LogP contribution in [0, 0.1) is 18.6 Å². The van der Waals surface area contributed by atoms with E-state index in [0.717, 1.165) is 29.5 Å². The van der Waals surface area contributed by atoms with Crippen molar-refractivity contribution in [3.05, 3.63) is 89.5 Å². The Bertz CT molecular complexity index is 1180. The lowest BCUT2D eigenvalue weighted by Gasteiger charge is -2.23. The smallest absolute Gasteiger partial charge is 0.262 e. The number of ether oxygens (including phenoxy) is 1. The van der Waals surface area contributed by atoms with Gasteiger partial charge in [0.2, 0.25) is 10.0 Å². The predicted octanol–water partition coefficient (Wildman–Crippen LogP) is 4.26. The zero-order valence-corrected chi connectivity index (χ0v) is 18.3. The zero-order valence-electron chi connectivity index (χ0n) is 17.5. The van der Waals surface area contributed by atoms with Crippen LogP contribution in [0.5, 0.6) is 5.75 Å². The number of sulfonamides is 1. The summed E-state index contributed by atoms with van der Waals surface area (Å²) in [5.74, 6) is -2.23. The fraction of sp³-hybridized carbons (Fsp3) is 0.174. The number of para-hydroxylation sites is 1. The third-order valence-corrected chi connectivity index (χ3v) is 5.71. The maximum absolute atomic E-state index is 13.6. The molecule has 0 radical (unpaired) electrons. The lowest BCUT2D eigenvalue weighted by atomic mass is 10.1. The molecule has 3 rings (SSSR count). The molecule has 32 heavy (non-hydrogen) atoms. The molecule has 0 atom stereocenters. The highest BCUT2D eigenvalue weighted by molar-refractivity contribution is 7.92. The molecule has 6 nitrogen and oxygen atoms in total. The Labute approximate surface area is 185 Å². The second-order valence-corrected chi connectivity index (χ2v) is 9.09. The molecule has 168 valence electrons. The number of anilines is 2. The highest BCUT2D eigenvalue weighted by Gasteiger charge is 2.18. The van der Waals surface area contributed by atoms with E-state index >= 15 is 0 Å². The Hall–Kier alpha value is -3.46. The van der Waals surface area contributed by atoms with Crippen LogP contribution >= 0.6 is 0 Å². The van der Waals surface area contributed by atoms with Gasteiger partial charge in [-0.25, -0.2) is 17.2 Å².